The van der Waals surface area contributed by atoms with Crippen LogP contribution in [0.25, 0.3) is 23.1 Å². The van der Waals surface area contributed by atoms with Crippen molar-refractivity contribution in [3.63, 3.8) is 0 Å². The number of benzene rings is 3. The van der Waals surface area contributed by atoms with Crippen molar-refractivity contribution < 1.29 is 5.11 Å². The molecule has 0 saturated heterocycles. The quantitative estimate of drug-likeness (QED) is 0.201. The van der Waals surface area contributed by atoms with E-state index in [1.165, 1.54) is 35.3 Å². The van der Waals surface area contributed by atoms with Gasteiger partial charge in [0.05, 0.1) is 16.8 Å². The average Bonchev–Trinajstić information content (AvgIpc) is 3.72. The molecule has 4 aromatic rings. The summed E-state index contributed by atoms with van der Waals surface area (Å²) in [6.07, 6.45) is 8.96. The fourth-order valence-electron chi connectivity index (χ4n) is 4.75. The zero-order valence-corrected chi connectivity index (χ0v) is 23.1. The number of hydrogen-bond acceptors (Lipinski definition) is 3. The third-order valence-corrected chi connectivity index (χ3v) is 8.80. The van der Waals surface area contributed by atoms with E-state index in [0.29, 0.717) is 10.3 Å². The fraction of sp³-hybridized carbons (Fsp3) is 0.303. The minimum absolute atomic E-state index is 0. The molecule has 1 atom stereocenters. The van der Waals surface area contributed by atoms with Gasteiger partial charge in [-0.25, -0.2) is 4.98 Å². The Balaban J connectivity index is 0.00000336. The summed E-state index contributed by atoms with van der Waals surface area (Å²) in [6, 6.07) is 27.2. The molecule has 38 heavy (non-hydrogen) atoms. The van der Waals surface area contributed by atoms with Gasteiger partial charge in [0.15, 0.2) is 0 Å². The molecule has 1 aromatic heterocycles. The van der Waals surface area contributed by atoms with E-state index in [9.17, 15) is 5.11 Å². The minimum atomic E-state index is -0.833. The van der Waals surface area contributed by atoms with Gasteiger partial charge in [-0.1, -0.05) is 78.3 Å². The van der Waals surface area contributed by atoms with Gasteiger partial charge in [0.1, 0.15) is 0 Å². The summed E-state index contributed by atoms with van der Waals surface area (Å²) < 4.78 is 0. The predicted octanol–water partition coefficient (Wildman–Crippen LogP) is 8.45. The monoisotopic (exact) mass is 551 g/mol. The van der Waals surface area contributed by atoms with Crippen molar-refractivity contribution in [1.82, 2.24) is 4.98 Å². The van der Waals surface area contributed by atoms with Crippen LogP contribution in [0.3, 0.4) is 0 Å². The van der Waals surface area contributed by atoms with Crippen LogP contribution in [-0.4, -0.2) is 45.4 Å². The van der Waals surface area contributed by atoms with Crippen LogP contribution in [0, 0.1) is 5.92 Å². The predicted molar refractivity (Wildman–Crippen MR) is 167 cm³/mol. The number of aliphatic hydroxyl groups is 1. The Morgan fingerprint density at radius 3 is 2.58 bits per heavy atom. The van der Waals surface area contributed by atoms with Gasteiger partial charge in [0.2, 0.25) is 0 Å². The number of aryl methyl sites for hydroxylation is 1. The summed E-state index contributed by atoms with van der Waals surface area (Å²) in [4.78, 5) is 4.76. The van der Waals surface area contributed by atoms with E-state index in [0.717, 1.165) is 40.9 Å². The number of hydrogen-bond donors (Lipinski definition) is 1. The molecule has 0 aliphatic heterocycles. The van der Waals surface area contributed by atoms with E-state index >= 15 is 0 Å². The molecule has 1 aliphatic rings. The van der Waals surface area contributed by atoms with Crippen molar-refractivity contribution in [2.75, 3.05) is 5.75 Å². The Kier molecular flexibility index (Phi) is 10.2. The molecule has 5 rings (SSSR count). The van der Waals surface area contributed by atoms with E-state index < -0.39 is 5.60 Å². The first kappa shape index (κ1) is 29.4. The molecule has 5 heteroatoms. The van der Waals surface area contributed by atoms with Crippen LogP contribution in [-0.2, 0) is 12.0 Å². The number of nitrogens with zero attached hydrogens (tertiary/aromatic N) is 1. The van der Waals surface area contributed by atoms with Gasteiger partial charge in [-0.3, -0.25) is 0 Å². The summed E-state index contributed by atoms with van der Waals surface area (Å²) in [6.45, 7) is 3.75. The molecule has 1 aliphatic carbocycles. The molecule has 0 spiro atoms. The van der Waals surface area contributed by atoms with Crippen LogP contribution in [0.4, 0.5) is 0 Å². The van der Waals surface area contributed by atoms with Crippen LogP contribution >= 0.6 is 23.4 Å². The Morgan fingerprint density at radius 2 is 1.79 bits per heavy atom. The van der Waals surface area contributed by atoms with Crippen molar-refractivity contribution in [1.29, 1.82) is 0 Å². The Bertz CT molecular complexity index is 1410. The van der Waals surface area contributed by atoms with Crippen molar-refractivity contribution in [2.45, 2.75) is 50.4 Å². The third kappa shape index (κ3) is 7.97. The maximum atomic E-state index is 10.7. The number of rotatable bonds is 10. The van der Waals surface area contributed by atoms with E-state index in [2.05, 4.69) is 72.4 Å². The third-order valence-electron chi connectivity index (χ3n) is 6.99. The van der Waals surface area contributed by atoms with E-state index in [1.807, 2.05) is 44.2 Å². The standard InChI is InChI=1S/C33H34ClNOS.Na.H/c1-33(2,36)30-9-4-3-7-25(30)15-19-32(37-22-24-10-11-24)27-8-5-6-23(20-27)12-17-29-18-14-26-13-16-28(34)21-31(26)35-29;;/h3-9,12-14,16-18,20-21,24,32,36H,10-11,15,19,22H2,1-2H3;;/b17-12+;;. The van der Waals surface area contributed by atoms with Crippen LogP contribution in [0.15, 0.2) is 78.9 Å². The summed E-state index contributed by atoms with van der Waals surface area (Å²) in [5.41, 5.74) is 5.81. The Morgan fingerprint density at radius 1 is 1.00 bits per heavy atom. The van der Waals surface area contributed by atoms with Crippen molar-refractivity contribution in [3.8, 4) is 0 Å². The zero-order valence-electron chi connectivity index (χ0n) is 21.5. The second kappa shape index (κ2) is 13.2. The molecule has 1 fully saturated rings. The normalized spacial score (nSPS) is 14.5. The number of pyridine rings is 1. The first-order valence-corrected chi connectivity index (χ1v) is 14.5. The van der Waals surface area contributed by atoms with Crippen LogP contribution in [0.1, 0.15) is 66.3 Å². The van der Waals surface area contributed by atoms with Crippen LogP contribution in [0.2, 0.25) is 5.02 Å². The van der Waals surface area contributed by atoms with Gasteiger partial charge in [-0.05, 0) is 97.7 Å². The Labute approximate surface area is 258 Å². The van der Waals surface area contributed by atoms with Gasteiger partial charge < -0.3 is 5.11 Å². The molecule has 0 bridgehead atoms. The van der Waals surface area contributed by atoms with Gasteiger partial charge in [-0.2, -0.15) is 11.8 Å². The summed E-state index contributed by atoms with van der Waals surface area (Å²) in [7, 11) is 0. The second-order valence-corrected chi connectivity index (χ2v) is 12.3. The molecular weight excluding hydrogens is 517 g/mol. The Hall–Kier alpha value is -1.59. The SMILES string of the molecule is CC(C)(O)c1ccccc1CCC(SCC1CC1)c1cccc(/C=C/c2ccc3ccc(Cl)cc3n2)c1.[NaH]. The van der Waals surface area contributed by atoms with Gasteiger partial charge in [0, 0.05) is 15.7 Å². The fourth-order valence-corrected chi connectivity index (χ4v) is 6.38. The molecule has 1 unspecified atom stereocenters. The first-order chi connectivity index (χ1) is 17.8. The number of thioether (sulfide) groups is 1. The number of halogens is 1. The molecule has 1 heterocycles. The molecular formula is C33H35ClNNaOS. The molecule has 1 saturated carbocycles. The molecule has 2 nitrogen and oxygen atoms in total. The molecule has 192 valence electrons. The zero-order chi connectivity index (χ0) is 25.8. The average molecular weight is 552 g/mol. The molecule has 1 N–H and O–H groups in total. The summed E-state index contributed by atoms with van der Waals surface area (Å²) in [5.74, 6) is 2.10. The number of aromatic nitrogens is 1. The van der Waals surface area contributed by atoms with Gasteiger partial charge in [0.25, 0.3) is 0 Å². The van der Waals surface area contributed by atoms with E-state index in [4.69, 9.17) is 16.6 Å². The molecule has 0 amide bonds. The maximum absolute atomic E-state index is 10.7. The van der Waals surface area contributed by atoms with Crippen LogP contribution < -0.4 is 0 Å². The number of fused-ring (bicyclic) bond motifs is 1. The van der Waals surface area contributed by atoms with Gasteiger partial charge in [-0.15, -0.1) is 0 Å². The van der Waals surface area contributed by atoms with Crippen molar-refractivity contribution >= 4 is 76.0 Å². The topological polar surface area (TPSA) is 33.1 Å². The summed E-state index contributed by atoms with van der Waals surface area (Å²) >= 11 is 8.26. The molecule has 0 radical (unpaired) electrons. The molecule has 3 aromatic carbocycles. The summed E-state index contributed by atoms with van der Waals surface area (Å²) in [5, 5.41) is 12.9. The first-order valence-electron chi connectivity index (χ1n) is 13.1. The van der Waals surface area contributed by atoms with E-state index in [1.54, 1.807) is 0 Å². The van der Waals surface area contributed by atoms with Crippen molar-refractivity contribution in [2.24, 2.45) is 5.92 Å². The van der Waals surface area contributed by atoms with Gasteiger partial charge >= 0.3 is 29.6 Å². The van der Waals surface area contributed by atoms with Crippen molar-refractivity contribution in [3.05, 3.63) is 112 Å². The second-order valence-electron chi connectivity index (χ2n) is 10.6. The van der Waals surface area contributed by atoms with Crippen LogP contribution in [0.5, 0.6) is 0 Å². The van der Waals surface area contributed by atoms with E-state index in [-0.39, 0.29) is 29.6 Å².